The Hall–Kier alpha value is -1.68. The summed E-state index contributed by atoms with van der Waals surface area (Å²) < 4.78 is 5.40. The molecule has 0 saturated carbocycles. The summed E-state index contributed by atoms with van der Waals surface area (Å²) in [6.45, 7) is 6.22. The van der Waals surface area contributed by atoms with Crippen LogP contribution in [-0.4, -0.2) is 10.1 Å². The summed E-state index contributed by atoms with van der Waals surface area (Å²) in [5.74, 6) is 1.68. The lowest BCUT2D eigenvalue weighted by Crippen LogP contribution is -2.18. The molecule has 1 heterocycles. The van der Waals surface area contributed by atoms with Gasteiger partial charge in [0.15, 0.2) is 5.82 Å². The highest BCUT2D eigenvalue weighted by atomic mass is 16.5. The molecule has 0 radical (unpaired) electrons. The summed E-state index contributed by atoms with van der Waals surface area (Å²) in [7, 11) is 0. The zero-order valence-electron chi connectivity index (χ0n) is 11.7. The minimum Gasteiger partial charge on any atom is -0.339 e. The summed E-state index contributed by atoms with van der Waals surface area (Å²) in [6.07, 6.45) is 0.919. The molecule has 0 spiro atoms. The quantitative estimate of drug-likeness (QED) is 0.895. The molecule has 0 amide bonds. The van der Waals surface area contributed by atoms with Crippen LogP contribution < -0.4 is 5.73 Å². The van der Waals surface area contributed by atoms with Gasteiger partial charge in [-0.1, -0.05) is 56.3 Å². The molecular weight excluding hydrogens is 238 g/mol. The molecule has 4 heteroatoms. The van der Waals surface area contributed by atoms with E-state index in [0.717, 1.165) is 6.42 Å². The smallest absolute Gasteiger partial charge is 0.234 e. The normalized spacial score (nSPS) is 14.6. The largest absolute Gasteiger partial charge is 0.339 e. The fourth-order valence-electron chi connectivity index (χ4n) is 2.06. The Morgan fingerprint density at radius 3 is 2.47 bits per heavy atom. The van der Waals surface area contributed by atoms with Gasteiger partial charge >= 0.3 is 0 Å². The number of nitrogens with two attached hydrogens (primary N) is 1. The molecule has 0 saturated heterocycles. The van der Waals surface area contributed by atoms with E-state index in [0.29, 0.717) is 17.6 Å². The summed E-state index contributed by atoms with van der Waals surface area (Å²) in [5.41, 5.74) is 7.24. The van der Waals surface area contributed by atoms with Crippen molar-refractivity contribution < 1.29 is 4.52 Å². The van der Waals surface area contributed by atoms with E-state index in [2.05, 4.69) is 43.0 Å². The van der Waals surface area contributed by atoms with Gasteiger partial charge in [-0.2, -0.15) is 4.98 Å². The summed E-state index contributed by atoms with van der Waals surface area (Å²) in [6, 6.07) is 10.0. The van der Waals surface area contributed by atoms with Crippen molar-refractivity contribution in [2.24, 2.45) is 11.7 Å². The molecule has 0 bridgehead atoms. The third-order valence-electron chi connectivity index (χ3n) is 3.38. The molecule has 19 heavy (non-hydrogen) atoms. The second-order valence-corrected chi connectivity index (χ2v) is 5.13. The molecule has 2 aromatic rings. The van der Waals surface area contributed by atoms with Crippen molar-refractivity contribution in [1.29, 1.82) is 0 Å². The molecular formula is C15H21N3O. The van der Waals surface area contributed by atoms with E-state index in [4.69, 9.17) is 10.3 Å². The van der Waals surface area contributed by atoms with Gasteiger partial charge in [-0.25, -0.2) is 0 Å². The van der Waals surface area contributed by atoms with Gasteiger partial charge in [0.2, 0.25) is 5.89 Å². The van der Waals surface area contributed by atoms with Gasteiger partial charge in [-0.3, -0.25) is 0 Å². The van der Waals surface area contributed by atoms with Crippen LogP contribution in [0.5, 0.6) is 0 Å². The zero-order valence-corrected chi connectivity index (χ0v) is 11.7. The Morgan fingerprint density at radius 2 is 1.89 bits per heavy atom. The van der Waals surface area contributed by atoms with E-state index in [-0.39, 0.29) is 12.0 Å². The number of hydrogen-bond donors (Lipinski definition) is 1. The van der Waals surface area contributed by atoms with Crippen LogP contribution >= 0.6 is 0 Å². The first-order valence-electron chi connectivity index (χ1n) is 6.77. The van der Waals surface area contributed by atoms with E-state index < -0.39 is 0 Å². The van der Waals surface area contributed by atoms with Crippen LogP contribution in [0.2, 0.25) is 0 Å². The van der Waals surface area contributed by atoms with Gasteiger partial charge in [0.1, 0.15) is 0 Å². The third-order valence-corrected chi connectivity index (χ3v) is 3.38. The fraction of sp³-hybridized carbons (Fsp3) is 0.467. The van der Waals surface area contributed by atoms with Gasteiger partial charge in [0, 0.05) is 0 Å². The second kappa shape index (κ2) is 5.97. The van der Waals surface area contributed by atoms with Crippen molar-refractivity contribution in [1.82, 2.24) is 10.1 Å². The van der Waals surface area contributed by atoms with Crippen LogP contribution in [0.1, 0.15) is 56.4 Å². The lowest BCUT2D eigenvalue weighted by molar-refractivity contribution is 0.351. The molecule has 4 nitrogen and oxygen atoms in total. The first-order valence-corrected chi connectivity index (χ1v) is 6.77. The summed E-state index contributed by atoms with van der Waals surface area (Å²) >= 11 is 0. The number of hydrogen-bond acceptors (Lipinski definition) is 4. The second-order valence-electron chi connectivity index (χ2n) is 5.13. The average molecular weight is 259 g/mol. The van der Waals surface area contributed by atoms with Crippen LogP contribution in [0, 0.1) is 5.92 Å². The Bertz CT molecular complexity index is 507. The molecule has 2 unspecified atom stereocenters. The third kappa shape index (κ3) is 3.01. The number of nitrogens with zero attached hydrogens (tertiary/aromatic N) is 2. The molecule has 2 rings (SSSR count). The van der Waals surface area contributed by atoms with Gasteiger partial charge in [-0.05, 0) is 17.9 Å². The standard InChI is InChI=1S/C15H21N3O/c1-4-12(11-8-6-5-7-9-11)15-17-14(18-19-15)13(16)10(2)3/h5-10,12-13H,4,16H2,1-3H3. The number of aromatic nitrogens is 2. The molecule has 0 fully saturated rings. The molecule has 1 aromatic carbocycles. The molecule has 0 aliphatic rings. The Kier molecular flexibility index (Phi) is 4.32. The predicted molar refractivity (Wildman–Crippen MR) is 74.6 cm³/mol. The van der Waals surface area contributed by atoms with Crippen molar-refractivity contribution in [2.75, 3.05) is 0 Å². The SMILES string of the molecule is CCC(c1ccccc1)c1nc(C(N)C(C)C)no1. The number of benzene rings is 1. The predicted octanol–water partition coefficient (Wildman–Crippen LogP) is 3.27. The van der Waals surface area contributed by atoms with E-state index in [1.165, 1.54) is 5.56 Å². The van der Waals surface area contributed by atoms with Gasteiger partial charge < -0.3 is 10.3 Å². The lowest BCUT2D eigenvalue weighted by Gasteiger charge is -2.11. The maximum atomic E-state index is 6.05. The molecule has 0 aliphatic heterocycles. The fourth-order valence-corrected chi connectivity index (χ4v) is 2.06. The van der Waals surface area contributed by atoms with Crippen LogP contribution in [-0.2, 0) is 0 Å². The molecule has 2 N–H and O–H groups in total. The summed E-state index contributed by atoms with van der Waals surface area (Å²) in [5, 5.41) is 4.02. The maximum Gasteiger partial charge on any atom is 0.234 e. The van der Waals surface area contributed by atoms with E-state index in [1.807, 2.05) is 18.2 Å². The van der Waals surface area contributed by atoms with Gasteiger partial charge in [-0.15, -0.1) is 0 Å². The number of rotatable bonds is 5. The van der Waals surface area contributed by atoms with Crippen molar-refractivity contribution >= 4 is 0 Å². The van der Waals surface area contributed by atoms with E-state index in [9.17, 15) is 0 Å². The molecule has 102 valence electrons. The zero-order chi connectivity index (χ0) is 13.8. The van der Waals surface area contributed by atoms with Gasteiger partial charge in [0.05, 0.1) is 12.0 Å². The van der Waals surface area contributed by atoms with Gasteiger partial charge in [0.25, 0.3) is 0 Å². The maximum absolute atomic E-state index is 6.05. The van der Waals surface area contributed by atoms with Crippen molar-refractivity contribution in [3.05, 3.63) is 47.6 Å². The van der Waals surface area contributed by atoms with Crippen LogP contribution in [0.3, 0.4) is 0 Å². The van der Waals surface area contributed by atoms with Crippen molar-refractivity contribution in [3.8, 4) is 0 Å². The van der Waals surface area contributed by atoms with E-state index in [1.54, 1.807) is 0 Å². The summed E-state index contributed by atoms with van der Waals surface area (Å²) in [4.78, 5) is 4.48. The van der Waals surface area contributed by atoms with Crippen molar-refractivity contribution in [2.45, 2.75) is 39.2 Å². The topological polar surface area (TPSA) is 64.9 Å². The minimum absolute atomic E-state index is 0.141. The highest BCUT2D eigenvalue weighted by Gasteiger charge is 2.22. The molecule has 0 aliphatic carbocycles. The molecule has 2 atom stereocenters. The molecule has 1 aromatic heterocycles. The first-order chi connectivity index (χ1) is 9.13. The minimum atomic E-state index is -0.175. The highest BCUT2D eigenvalue weighted by molar-refractivity contribution is 5.24. The first kappa shape index (κ1) is 13.7. The van der Waals surface area contributed by atoms with Crippen LogP contribution in [0.4, 0.5) is 0 Å². The average Bonchev–Trinajstić information content (AvgIpc) is 2.89. The van der Waals surface area contributed by atoms with E-state index >= 15 is 0 Å². The van der Waals surface area contributed by atoms with Crippen molar-refractivity contribution in [3.63, 3.8) is 0 Å². The Morgan fingerprint density at radius 1 is 1.21 bits per heavy atom. The monoisotopic (exact) mass is 259 g/mol. The highest BCUT2D eigenvalue weighted by Crippen LogP contribution is 2.27. The Labute approximate surface area is 114 Å². The Balaban J connectivity index is 2.26. The van der Waals surface area contributed by atoms with Crippen LogP contribution in [0.25, 0.3) is 0 Å². The van der Waals surface area contributed by atoms with Crippen LogP contribution in [0.15, 0.2) is 34.9 Å². The lowest BCUT2D eigenvalue weighted by atomic mass is 9.96.